The van der Waals surface area contributed by atoms with Gasteiger partial charge in [0.05, 0.1) is 11.2 Å². The van der Waals surface area contributed by atoms with Gasteiger partial charge in [-0.3, -0.25) is 4.68 Å². The summed E-state index contributed by atoms with van der Waals surface area (Å²) >= 11 is 1.92. The summed E-state index contributed by atoms with van der Waals surface area (Å²) in [6.07, 6.45) is 5.58. The molecule has 0 saturated heterocycles. The monoisotopic (exact) mass is 305 g/mol. The van der Waals surface area contributed by atoms with Gasteiger partial charge in [-0.25, -0.2) is 0 Å². The smallest absolute Gasteiger partial charge is 0.0718 e. The summed E-state index contributed by atoms with van der Waals surface area (Å²) in [6, 6.07) is 9.12. The Kier molecular flexibility index (Phi) is 6.58. The maximum atomic E-state index is 4.83. The van der Waals surface area contributed by atoms with E-state index in [1.165, 1.54) is 35.2 Å². The maximum absolute atomic E-state index is 4.83. The Labute approximate surface area is 132 Å². The predicted octanol–water partition coefficient (Wildman–Crippen LogP) is 3.72. The molecule has 4 heteroatoms. The second-order valence-corrected chi connectivity index (χ2v) is 6.40. The first-order valence-corrected chi connectivity index (χ1v) is 9.36. The highest BCUT2D eigenvalue weighted by atomic mass is 32.2. The molecule has 1 aromatic carbocycles. The van der Waals surface area contributed by atoms with Crippen molar-refractivity contribution in [3.8, 4) is 0 Å². The van der Waals surface area contributed by atoms with Gasteiger partial charge >= 0.3 is 0 Å². The highest BCUT2D eigenvalue weighted by Crippen LogP contribution is 2.20. The molecule has 1 heterocycles. The molecule has 116 valence electrons. The normalized spacial score (nSPS) is 12.9. The van der Waals surface area contributed by atoms with Crippen molar-refractivity contribution in [3.63, 3.8) is 0 Å². The lowest BCUT2D eigenvalue weighted by Crippen LogP contribution is -2.32. The lowest BCUT2D eigenvalue weighted by atomic mass is 10.1. The van der Waals surface area contributed by atoms with E-state index in [0.717, 1.165) is 19.5 Å². The summed E-state index contributed by atoms with van der Waals surface area (Å²) < 4.78 is 2.12. The quantitative estimate of drug-likeness (QED) is 0.766. The minimum Gasteiger partial charge on any atom is -0.314 e. The number of hydrogen-bond acceptors (Lipinski definition) is 3. The first kappa shape index (κ1) is 16.4. The van der Waals surface area contributed by atoms with Gasteiger partial charge in [0.25, 0.3) is 0 Å². The average Bonchev–Trinajstić information content (AvgIpc) is 2.88. The molecular weight excluding hydrogens is 278 g/mol. The van der Waals surface area contributed by atoms with Gasteiger partial charge < -0.3 is 5.32 Å². The molecule has 1 aromatic heterocycles. The van der Waals surface area contributed by atoms with Crippen molar-refractivity contribution in [2.24, 2.45) is 0 Å². The average molecular weight is 305 g/mol. The van der Waals surface area contributed by atoms with E-state index in [0.29, 0.717) is 6.04 Å². The van der Waals surface area contributed by atoms with Crippen LogP contribution >= 0.6 is 11.8 Å². The molecule has 0 saturated carbocycles. The minimum absolute atomic E-state index is 0.529. The number of aryl methyl sites for hydroxylation is 1. The Morgan fingerprint density at radius 2 is 2.10 bits per heavy atom. The summed E-state index contributed by atoms with van der Waals surface area (Å²) in [5, 5.41) is 9.83. The molecule has 2 rings (SSSR count). The highest BCUT2D eigenvalue weighted by Gasteiger charge is 2.14. The predicted molar refractivity (Wildman–Crippen MR) is 94.2 cm³/mol. The number of thioether (sulfide) groups is 1. The van der Waals surface area contributed by atoms with Crippen LogP contribution in [0.2, 0.25) is 0 Å². The lowest BCUT2D eigenvalue weighted by molar-refractivity contribution is 0.490. The zero-order valence-electron chi connectivity index (χ0n) is 13.4. The second-order valence-electron chi connectivity index (χ2n) is 5.42. The van der Waals surface area contributed by atoms with Crippen molar-refractivity contribution in [2.75, 3.05) is 18.6 Å². The van der Waals surface area contributed by atoms with Crippen molar-refractivity contribution >= 4 is 22.7 Å². The third-order valence-electron chi connectivity index (χ3n) is 3.83. The van der Waals surface area contributed by atoms with E-state index in [2.05, 4.69) is 54.4 Å². The molecule has 0 amide bonds. The SMILES string of the molecule is CCCNC(CCSC)Cc1nn(CC)c2ccccc12. The molecule has 1 atom stereocenters. The number of fused-ring (bicyclic) bond motifs is 1. The van der Waals surface area contributed by atoms with Gasteiger partial charge in [0.15, 0.2) is 0 Å². The number of nitrogens with one attached hydrogen (secondary N) is 1. The lowest BCUT2D eigenvalue weighted by Gasteiger charge is -2.17. The van der Waals surface area contributed by atoms with Gasteiger partial charge in [0.1, 0.15) is 0 Å². The van der Waals surface area contributed by atoms with Crippen LogP contribution in [0.1, 0.15) is 32.4 Å². The Morgan fingerprint density at radius 3 is 2.81 bits per heavy atom. The van der Waals surface area contributed by atoms with E-state index in [1.54, 1.807) is 0 Å². The molecule has 1 N–H and O–H groups in total. The molecule has 0 radical (unpaired) electrons. The van der Waals surface area contributed by atoms with Gasteiger partial charge in [0.2, 0.25) is 0 Å². The van der Waals surface area contributed by atoms with E-state index >= 15 is 0 Å². The van der Waals surface area contributed by atoms with Crippen LogP contribution in [0.15, 0.2) is 24.3 Å². The van der Waals surface area contributed by atoms with Crippen LogP contribution in [-0.4, -0.2) is 34.4 Å². The Bertz CT molecular complexity index is 542. The molecule has 21 heavy (non-hydrogen) atoms. The number of rotatable bonds is 9. The van der Waals surface area contributed by atoms with Crippen LogP contribution in [-0.2, 0) is 13.0 Å². The van der Waals surface area contributed by atoms with E-state index < -0.39 is 0 Å². The first-order chi connectivity index (χ1) is 10.3. The summed E-state index contributed by atoms with van der Waals surface area (Å²) in [5.74, 6) is 1.20. The highest BCUT2D eigenvalue weighted by molar-refractivity contribution is 7.98. The van der Waals surface area contributed by atoms with Gasteiger partial charge in [-0.15, -0.1) is 0 Å². The Balaban J connectivity index is 2.19. The molecule has 0 aliphatic rings. The van der Waals surface area contributed by atoms with E-state index in [-0.39, 0.29) is 0 Å². The summed E-state index contributed by atoms with van der Waals surface area (Å²) in [7, 11) is 0. The van der Waals surface area contributed by atoms with Crippen LogP contribution in [0.3, 0.4) is 0 Å². The second kappa shape index (κ2) is 8.44. The summed E-state index contributed by atoms with van der Waals surface area (Å²) in [5.41, 5.74) is 2.50. The molecule has 0 aliphatic carbocycles. The fraction of sp³-hybridized carbons (Fsp3) is 0.588. The van der Waals surface area contributed by atoms with Crippen molar-refractivity contribution in [1.82, 2.24) is 15.1 Å². The third-order valence-corrected chi connectivity index (χ3v) is 4.47. The maximum Gasteiger partial charge on any atom is 0.0718 e. The van der Waals surface area contributed by atoms with Crippen LogP contribution in [0, 0.1) is 0 Å². The number of aromatic nitrogens is 2. The molecular formula is C17H27N3S. The standard InChI is InChI=1S/C17H27N3S/c1-4-11-18-14(10-12-21-3)13-16-15-8-6-7-9-17(15)20(5-2)19-16/h6-9,14,18H,4-5,10-13H2,1-3H3. The van der Waals surface area contributed by atoms with Crippen molar-refractivity contribution in [3.05, 3.63) is 30.0 Å². The zero-order chi connectivity index (χ0) is 15.1. The molecule has 0 spiro atoms. The zero-order valence-corrected chi connectivity index (χ0v) is 14.2. The molecule has 2 aromatic rings. The molecule has 0 fully saturated rings. The number of nitrogens with zero attached hydrogens (tertiary/aromatic N) is 2. The topological polar surface area (TPSA) is 29.9 Å². The molecule has 1 unspecified atom stereocenters. The van der Waals surface area contributed by atoms with Crippen LogP contribution in [0.4, 0.5) is 0 Å². The van der Waals surface area contributed by atoms with Crippen molar-refractivity contribution < 1.29 is 0 Å². The number of para-hydroxylation sites is 1. The van der Waals surface area contributed by atoms with Crippen molar-refractivity contribution in [2.45, 2.75) is 45.7 Å². The Hall–Kier alpha value is -1.00. The molecule has 0 aliphatic heterocycles. The van der Waals surface area contributed by atoms with Gasteiger partial charge in [-0.05, 0) is 44.4 Å². The third kappa shape index (κ3) is 4.24. The molecule has 3 nitrogen and oxygen atoms in total. The number of hydrogen-bond donors (Lipinski definition) is 1. The van der Waals surface area contributed by atoms with Crippen molar-refractivity contribution in [1.29, 1.82) is 0 Å². The van der Waals surface area contributed by atoms with Crippen LogP contribution in [0.5, 0.6) is 0 Å². The fourth-order valence-corrected chi connectivity index (χ4v) is 3.23. The fourth-order valence-electron chi connectivity index (χ4n) is 2.71. The van der Waals surface area contributed by atoms with E-state index in [9.17, 15) is 0 Å². The van der Waals surface area contributed by atoms with Gasteiger partial charge in [-0.2, -0.15) is 16.9 Å². The van der Waals surface area contributed by atoms with E-state index in [4.69, 9.17) is 5.10 Å². The summed E-state index contributed by atoms with van der Waals surface area (Å²) in [6.45, 7) is 6.40. The van der Waals surface area contributed by atoms with E-state index in [1.807, 2.05) is 11.8 Å². The minimum atomic E-state index is 0.529. The Morgan fingerprint density at radius 1 is 1.29 bits per heavy atom. The van der Waals surface area contributed by atoms with Crippen LogP contribution in [0.25, 0.3) is 10.9 Å². The largest absolute Gasteiger partial charge is 0.314 e. The number of benzene rings is 1. The van der Waals surface area contributed by atoms with Gasteiger partial charge in [-0.1, -0.05) is 25.1 Å². The summed E-state index contributed by atoms with van der Waals surface area (Å²) in [4.78, 5) is 0. The molecule has 0 bridgehead atoms. The first-order valence-electron chi connectivity index (χ1n) is 7.96. The van der Waals surface area contributed by atoms with Gasteiger partial charge in [0, 0.05) is 24.4 Å². The van der Waals surface area contributed by atoms with Crippen LogP contribution < -0.4 is 5.32 Å².